The van der Waals surface area contributed by atoms with Crippen molar-refractivity contribution in [2.75, 3.05) is 13.1 Å². The second-order valence-electron chi connectivity index (χ2n) is 7.83. The van der Waals surface area contributed by atoms with Gasteiger partial charge in [0.05, 0.1) is 28.8 Å². The van der Waals surface area contributed by atoms with Gasteiger partial charge in [-0.05, 0) is 23.1 Å². The van der Waals surface area contributed by atoms with Crippen molar-refractivity contribution in [3.63, 3.8) is 0 Å². The third-order valence-corrected chi connectivity index (χ3v) is 5.43. The highest BCUT2D eigenvalue weighted by Crippen LogP contribution is 2.39. The molecule has 150 valence electrons. The fourth-order valence-electron chi connectivity index (χ4n) is 3.14. The van der Waals surface area contributed by atoms with Crippen LogP contribution in [0.2, 0.25) is 10.0 Å². The van der Waals surface area contributed by atoms with Gasteiger partial charge in [0.15, 0.2) is 0 Å². The first-order valence-electron chi connectivity index (χ1n) is 8.57. The van der Waals surface area contributed by atoms with Crippen molar-refractivity contribution in [2.24, 2.45) is 22.2 Å². The Kier molecular flexibility index (Phi) is 6.83. The summed E-state index contributed by atoms with van der Waals surface area (Å²) in [5.74, 6) is -0.352. The number of hydrogen-bond donors (Lipinski definition) is 3. The first-order valence-corrected chi connectivity index (χ1v) is 9.33. The van der Waals surface area contributed by atoms with Crippen molar-refractivity contribution >= 4 is 35.1 Å². The van der Waals surface area contributed by atoms with E-state index in [9.17, 15) is 9.90 Å². The summed E-state index contributed by atoms with van der Waals surface area (Å²) in [6, 6.07) is 5.19. The lowest BCUT2D eigenvalue weighted by atomic mass is 9.88. The number of carboxylic acid groups (broad SMARTS) is 1. The van der Waals surface area contributed by atoms with Gasteiger partial charge in [0.2, 0.25) is 0 Å². The Morgan fingerprint density at radius 3 is 2.52 bits per heavy atom. The van der Waals surface area contributed by atoms with Crippen LogP contribution in [0.3, 0.4) is 0 Å². The Balaban J connectivity index is 2.50. The van der Waals surface area contributed by atoms with Crippen LogP contribution in [0.4, 0.5) is 4.79 Å². The van der Waals surface area contributed by atoms with Gasteiger partial charge in [-0.2, -0.15) is 0 Å². The summed E-state index contributed by atoms with van der Waals surface area (Å²) in [7, 11) is 0. The zero-order valence-electron chi connectivity index (χ0n) is 15.5. The van der Waals surface area contributed by atoms with E-state index in [1.807, 2.05) is 20.8 Å². The lowest BCUT2D eigenvalue weighted by Gasteiger charge is -2.34. The van der Waals surface area contributed by atoms with Crippen molar-refractivity contribution in [1.82, 2.24) is 4.90 Å². The maximum atomic E-state index is 11.7. The van der Waals surface area contributed by atoms with Crippen molar-refractivity contribution in [3.05, 3.63) is 33.8 Å². The van der Waals surface area contributed by atoms with Gasteiger partial charge in [0.25, 0.3) is 0 Å². The van der Waals surface area contributed by atoms with Crippen molar-refractivity contribution in [1.29, 1.82) is 0 Å². The maximum Gasteiger partial charge on any atom is 0.407 e. The minimum Gasteiger partial charge on any atom is -0.465 e. The molecule has 1 aromatic rings. The Hall–Kier alpha value is -1.70. The summed E-state index contributed by atoms with van der Waals surface area (Å²) in [5, 5.41) is 22.4. The molecule has 27 heavy (non-hydrogen) atoms. The molecule has 1 amide bonds. The normalized spacial score (nSPS) is 24.6. The molecule has 4 N–H and O–H groups in total. The second-order valence-corrected chi connectivity index (χ2v) is 8.64. The van der Waals surface area contributed by atoms with Crippen molar-refractivity contribution in [3.8, 4) is 0 Å². The molecule has 0 aromatic heterocycles. The summed E-state index contributed by atoms with van der Waals surface area (Å²) < 4.78 is 6.40. The third-order valence-electron chi connectivity index (χ3n) is 4.69. The topological polar surface area (TPSA) is 108 Å². The second kappa shape index (κ2) is 8.54. The van der Waals surface area contributed by atoms with E-state index in [0.29, 0.717) is 10.0 Å². The Morgan fingerprint density at radius 2 is 2.00 bits per heavy atom. The molecule has 1 heterocycles. The lowest BCUT2D eigenvalue weighted by Crippen LogP contribution is -2.42. The molecule has 0 bridgehead atoms. The van der Waals surface area contributed by atoms with E-state index in [-0.39, 0.29) is 42.8 Å². The third kappa shape index (κ3) is 5.40. The molecule has 1 fully saturated rings. The number of nitrogens with zero attached hydrogens (tertiary/aromatic N) is 2. The van der Waals surface area contributed by atoms with Crippen LogP contribution in [0.5, 0.6) is 0 Å². The number of ether oxygens (including phenoxy) is 1. The molecule has 2 rings (SSSR count). The summed E-state index contributed by atoms with van der Waals surface area (Å²) in [4.78, 5) is 13.1. The van der Waals surface area contributed by atoms with Gasteiger partial charge in [-0.25, -0.2) is 4.79 Å². The SMILES string of the molecule is CC(C)(C)C1CN(C(=O)O)C[C@@H](CC(N)=NO)[C@H](c2ccc(Cl)c(Cl)c2)O1. The quantitative estimate of drug-likeness (QED) is 0.295. The minimum absolute atomic E-state index is 0.00760. The molecule has 9 heteroatoms. The number of amidine groups is 1. The van der Waals surface area contributed by atoms with Gasteiger partial charge in [-0.3, -0.25) is 0 Å². The number of benzene rings is 1. The fourth-order valence-corrected chi connectivity index (χ4v) is 3.45. The zero-order valence-corrected chi connectivity index (χ0v) is 17.0. The van der Waals surface area contributed by atoms with E-state index in [1.165, 1.54) is 4.90 Å². The smallest absolute Gasteiger partial charge is 0.407 e. The molecule has 1 aliphatic rings. The number of hydrogen-bond acceptors (Lipinski definition) is 4. The van der Waals surface area contributed by atoms with Gasteiger partial charge in [-0.1, -0.05) is 55.2 Å². The predicted molar refractivity (Wildman–Crippen MR) is 105 cm³/mol. The van der Waals surface area contributed by atoms with Crippen LogP contribution in [0, 0.1) is 11.3 Å². The van der Waals surface area contributed by atoms with Crippen LogP contribution < -0.4 is 5.73 Å². The molecule has 0 saturated carbocycles. The number of halogens is 2. The molecule has 1 unspecified atom stereocenters. The molecule has 3 atom stereocenters. The molecule has 7 nitrogen and oxygen atoms in total. The van der Waals surface area contributed by atoms with E-state index in [2.05, 4.69) is 5.16 Å². The van der Waals surface area contributed by atoms with Crippen LogP contribution in [0.1, 0.15) is 38.9 Å². The van der Waals surface area contributed by atoms with Gasteiger partial charge in [0.1, 0.15) is 5.84 Å². The molecule has 1 aromatic carbocycles. The highest BCUT2D eigenvalue weighted by molar-refractivity contribution is 6.42. The summed E-state index contributed by atoms with van der Waals surface area (Å²) >= 11 is 12.2. The van der Waals surface area contributed by atoms with E-state index < -0.39 is 12.2 Å². The molecular formula is C18H25Cl2N3O4. The monoisotopic (exact) mass is 417 g/mol. The number of oxime groups is 1. The standard InChI is InChI=1S/C18H25Cl2N3O4/c1-18(2,3)14-9-23(17(24)25)8-11(7-15(21)22-26)16(27-14)10-4-5-12(19)13(20)6-10/h4-6,11,14,16,26H,7-9H2,1-3H3,(H2,21,22)(H,24,25)/t11-,14?,16+/m1/s1. The van der Waals surface area contributed by atoms with Gasteiger partial charge in [-0.15, -0.1) is 0 Å². The van der Waals surface area contributed by atoms with Gasteiger partial charge in [0, 0.05) is 18.9 Å². The molecule has 0 radical (unpaired) electrons. The van der Waals surface area contributed by atoms with E-state index in [4.69, 9.17) is 38.9 Å². The van der Waals surface area contributed by atoms with E-state index >= 15 is 0 Å². The minimum atomic E-state index is -1.04. The van der Waals surface area contributed by atoms with Gasteiger partial charge < -0.3 is 25.7 Å². The lowest BCUT2D eigenvalue weighted by molar-refractivity contribution is -0.0761. The number of amides is 1. The van der Waals surface area contributed by atoms with Gasteiger partial charge >= 0.3 is 6.09 Å². The highest BCUT2D eigenvalue weighted by Gasteiger charge is 2.40. The molecule has 1 aliphatic heterocycles. The van der Waals surface area contributed by atoms with Crippen molar-refractivity contribution < 1.29 is 19.8 Å². The van der Waals surface area contributed by atoms with Crippen LogP contribution in [0.25, 0.3) is 0 Å². The average molecular weight is 418 g/mol. The van der Waals surface area contributed by atoms with Crippen LogP contribution in [0.15, 0.2) is 23.4 Å². The number of nitrogens with two attached hydrogens (primary N) is 1. The largest absolute Gasteiger partial charge is 0.465 e. The summed E-state index contributed by atoms with van der Waals surface area (Å²) in [6.45, 7) is 6.39. The van der Waals surface area contributed by atoms with E-state index in [1.54, 1.807) is 18.2 Å². The molecule has 0 spiro atoms. The number of carbonyl (C=O) groups is 1. The first-order chi connectivity index (χ1) is 12.5. The first kappa shape index (κ1) is 21.6. The Labute approximate surface area is 168 Å². The molecule has 1 saturated heterocycles. The summed E-state index contributed by atoms with van der Waals surface area (Å²) in [5.41, 5.74) is 6.19. The fraction of sp³-hybridized carbons (Fsp3) is 0.556. The predicted octanol–water partition coefficient (Wildman–Crippen LogP) is 4.21. The van der Waals surface area contributed by atoms with Crippen molar-refractivity contribution in [2.45, 2.75) is 39.4 Å². The van der Waals surface area contributed by atoms with Crippen LogP contribution >= 0.6 is 23.2 Å². The zero-order chi connectivity index (χ0) is 20.4. The average Bonchev–Trinajstić information content (AvgIpc) is 2.77. The van der Waals surface area contributed by atoms with E-state index in [0.717, 1.165) is 5.56 Å². The molecule has 0 aliphatic carbocycles. The number of rotatable bonds is 3. The Morgan fingerprint density at radius 1 is 1.33 bits per heavy atom. The highest BCUT2D eigenvalue weighted by atomic mass is 35.5. The van der Waals surface area contributed by atoms with Crippen LogP contribution in [-0.2, 0) is 4.74 Å². The van der Waals surface area contributed by atoms with Crippen LogP contribution in [-0.4, -0.2) is 46.3 Å². The molecular weight excluding hydrogens is 393 g/mol. The maximum absolute atomic E-state index is 11.7. The Bertz CT molecular complexity index is 721. The summed E-state index contributed by atoms with van der Waals surface area (Å²) in [6.07, 6.45) is -1.71.